The summed E-state index contributed by atoms with van der Waals surface area (Å²) >= 11 is 6.10. The maximum atomic E-state index is 11.9. The van der Waals surface area contributed by atoms with Gasteiger partial charge in [-0.3, -0.25) is 4.79 Å². The van der Waals surface area contributed by atoms with Gasteiger partial charge in [-0.25, -0.2) is 4.98 Å². The standard InChI is InChI=1S/C17H20ClN3O/c1-2-3-10-19-17(22)14-8-9-16(21-12-14)20-11-13-6-4-5-7-15(13)18/h4-9,12H,2-3,10-11H2,1H3,(H,19,22)(H,20,21). The minimum atomic E-state index is -0.0846. The number of aromatic nitrogens is 1. The van der Waals surface area contributed by atoms with Crippen LogP contribution >= 0.6 is 11.6 Å². The smallest absolute Gasteiger partial charge is 0.252 e. The fourth-order valence-electron chi connectivity index (χ4n) is 1.94. The predicted molar refractivity (Wildman–Crippen MR) is 90.3 cm³/mol. The third kappa shape index (κ3) is 4.74. The summed E-state index contributed by atoms with van der Waals surface area (Å²) in [7, 11) is 0. The molecule has 1 aromatic heterocycles. The molecule has 0 fully saturated rings. The van der Waals surface area contributed by atoms with Gasteiger partial charge in [-0.2, -0.15) is 0 Å². The van der Waals surface area contributed by atoms with Crippen LogP contribution in [0.2, 0.25) is 5.02 Å². The van der Waals surface area contributed by atoms with E-state index in [0.29, 0.717) is 24.5 Å². The van der Waals surface area contributed by atoms with Gasteiger partial charge in [0.1, 0.15) is 5.82 Å². The number of carbonyl (C=O) groups is 1. The molecule has 2 rings (SSSR count). The lowest BCUT2D eigenvalue weighted by Gasteiger charge is -2.08. The summed E-state index contributed by atoms with van der Waals surface area (Å²) in [4.78, 5) is 16.1. The molecule has 4 nitrogen and oxygen atoms in total. The molecule has 1 amide bonds. The van der Waals surface area contributed by atoms with Crippen LogP contribution in [0.3, 0.4) is 0 Å². The van der Waals surface area contributed by atoms with Crippen molar-refractivity contribution in [2.45, 2.75) is 26.3 Å². The number of nitrogens with one attached hydrogen (secondary N) is 2. The molecule has 1 aromatic carbocycles. The summed E-state index contributed by atoms with van der Waals surface area (Å²) in [6.07, 6.45) is 3.62. The number of halogens is 1. The molecule has 0 aliphatic heterocycles. The second-order valence-corrected chi connectivity index (χ2v) is 5.39. The molecule has 0 spiro atoms. The molecule has 0 aliphatic rings. The topological polar surface area (TPSA) is 54.0 Å². The molecule has 2 N–H and O–H groups in total. The molecule has 0 unspecified atom stereocenters. The van der Waals surface area contributed by atoms with Crippen molar-refractivity contribution in [2.24, 2.45) is 0 Å². The number of hydrogen-bond acceptors (Lipinski definition) is 3. The highest BCUT2D eigenvalue weighted by Gasteiger charge is 2.05. The second kappa shape index (κ2) is 8.39. The van der Waals surface area contributed by atoms with Crippen LogP contribution in [0.25, 0.3) is 0 Å². The van der Waals surface area contributed by atoms with Crippen molar-refractivity contribution < 1.29 is 4.79 Å². The number of amides is 1. The van der Waals surface area contributed by atoms with Crippen molar-refractivity contribution in [3.05, 3.63) is 58.7 Å². The Morgan fingerprint density at radius 1 is 1.23 bits per heavy atom. The Labute approximate surface area is 135 Å². The zero-order valence-electron chi connectivity index (χ0n) is 12.6. The number of benzene rings is 1. The zero-order chi connectivity index (χ0) is 15.8. The van der Waals surface area contributed by atoms with Gasteiger partial charge >= 0.3 is 0 Å². The van der Waals surface area contributed by atoms with Crippen LogP contribution in [0.4, 0.5) is 5.82 Å². The van der Waals surface area contributed by atoms with Gasteiger partial charge in [0.2, 0.25) is 0 Å². The van der Waals surface area contributed by atoms with Crippen LogP contribution < -0.4 is 10.6 Å². The third-order valence-electron chi connectivity index (χ3n) is 3.26. The molecule has 22 heavy (non-hydrogen) atoms. The first kappa shape index (κ1) is 16.3. The molecular weight excluding hydrogens is 298 g/mol. The van der Waals surface area contributed by atoms with Crippen molar-refractivity contribution in [2.75, 3.05) is 11.9 Å². The van der Waals surface area contributed by atoms with E-state index in [0.717, 1.165) is 23.4 Å². The lowest BCUT2D eigenvalue weighted by Crippen LogP contribution is -2.24. The summed E-state index contributed by atoms with van der Waals surface area (Å²) in [5.41, 5.74) is 1.58. The normalized spacial score (nSPS) is 10.3. The van der Waals surface area contributed by atoms with Crippen molar-refractivity contribution in [1.29, 1.82) is 0 Å². The first-order chi connectivity index (χ1) is 10.7. The van der Waals surface area contributed by atoms with Gasteiger partial charge in [-0.1, -0.05) is 43.1 Å². The van der Waals surface area contributed by atoms with Gasteiger partial charge in [0.15, 0.2) is 0 Å². The van der Waals surface area contributed by atoms with Crippen LogP contribution in [0.5, 0.6) is 0 Å². The Kier molecular flexibility index (Phi) is 6.22. The molecule has 0 saturated heterocycles. The van der Waals surface area contributed by atoms with Crippen molar-refractivity contribution in [3.8, 4) is 0 Å². The third-order valence-corrected chi connectivity index (χ3v) is 3.63. The van der Waals surface area contributed by atoms with Crippen LogP contribution in [-0.2, 0) is 6.54 Å². The average Bonchev–Trinajstić information content (AvgIpc) is 2.55. The Morgan fingerprint density at radius 2 is 2.05 bits per heavy atom. The van der Waals surface area contributed by atoms with E-state index in [1.807, 2.05) is 24.3 Å². The van der Waals surface area contributed by atoms with Crippen LogP contribution in [0.1, 0.15) is 35.7 Å². The van der Waals surface area contributed by atoms with Gasteiger partial charge in [-0.15, -0.1) is 0 Å². The highest BCUT2D eigenvalue weighted by molar-refractivity contribution is 6.31. The molecule has 116 valence electrons. The number of nitrogens with zero attached hydrogens (tertiary/aromatic N) is 1. The van der Waals surface area contributed by atoms with Crippen LogP contribution in [0, 0.1) is 0 Å². The van der Waals surface area contributed by atoms with E-state index < -0.39 is 0 Å². The fraction of sp³-hybridized carbons (Fsp3) is 0.294. The van der Waals surface area contributed by atoms with E-state index in [9.17, 15) is 4.79 Å². The van der Waals surface area contributed by atoms with E-state index in [4.69, 9.17) is 11.6 Å². The van der Waals surface area contributed by atoms with Gasteiger partial charge in [-0.05, 0) is 30.2 Å². The van der Waals surface area contributed by atoms with E-state index in [-0.39, 0.29) is 5.91 Å². The number of rotatable bonds is 7. The quantitative estimate of drug-likeness (QED) is 0.762. The highest BCUT2D eigenvalue weighted by atomic mass is 35.5. The minimum absolute atomic E-state index is 0.0846. The molecule has 0 bridgehead atoms. The van der Waals surface area contributed by atoms with E-state index in [1.54, 1.807) is 18.3 Å². The largest absolute Gasteiger partial charge is 0.366 e. The van der Waals surface area contributed by atoms with Gasteiger partial charge in [0.25, 0.3) is 5.91 Å². The molecule has 5 heteroatoms. The summed E-state index contributed by atoms with van der Waals surface area (Å²) in [6, 6.07) is 11.2. The number of anilines is 1. The Morgan fingerprint density at radius 3 is 2.73 bits per heavy atom. The lowest BCUT2D eigenvalue weighted by atomic mass is 10.2. The highest BCUT2D eigenvalue weighted by Crippen LogP contribution is 2.16. The van der Waals surface area contributed by atoms with Crippen LogP contribution in [-0.4, -0.2) is 17.4 Å². The number of unbranched alkanes of at least 4 members (excludes halogenated alkanes) is 1. The van der Waals surface area contributed by atoms with E-state index in [2.05, 4.69) is 22.5 Å². The summed E-state index contributed by atoms with van der Waals surface area (Å²) < 4.78 is 0. The monoisotopic (exact) mass is 317 g/mol. The zero-order valence-corrected chi connectivity index (χ0v) is 13.4. The Hall–Kier alpha value is -2.07. The summed E-state index contributed by atoms with van der Waals surface area (Å²) in [6.45, 7) is 3.38. The number of hydrogen-bond donors (Lipinski definition) is 2. The summed E-state index contributed by atoms with van der Waals surface area (Å²) in [5, 5.41) is 6.78. The van der Waals surface area contributed by atoms with Gasteiger partial charge in [0.05, 0.1) is 5.56 Å². The van der Waals surface area contributed by atoms with Crippen molar-refractivity contribution in [1.82, 2.24) is 10.3 Å². The van der Waals surface area contributed by atoms with E-state index >= 15 is 0 Å². The Bertz CT molecular complexity index is 614. The van der Waals surface area contributed by atoms with Crippen molar-refractivity contribution >= 4 is 23.3 Å². The maximum Gasteiger partial charge on any atom is 0.252 e. The lowest BCUT2D eigenvalue weighted by molar-refractivity contribution is 0.0953. The average molecular weight is 318 g/mol. The fourth-order valence-corrected chi connectivity index (χ4v) is 2.14. The number of pyridine rings is 1. The van der Waals surface area contributed by atoms with Gasteiger partial charge < -0.3 is 10.6 Å². The molecule has 0 radical (unpaired) electrons. The van der Waals surface area contributed by atoms with Gasteiger partial charge in [0, 0.05) is 24.3 Å². The SMILES string of the molecule is CCCCNC(=O)c1ccc(NCc2ccccc2Cl)nc1. The first-order valence-electron chi connectivity index (χ1n) is 7.42. The predicted octanol–water partition coefficient (Wildman–Crippen LogP) is 3.88. The van der Waals surface area contributed by atoms with Crippen molar-refractivity contribution in [3.63, 3.8) is 0 Å². The maximum absolute atomic E-state index is 11.9. The molecular formula is C17H20ClN3O. The van der Waals surface area contributed by atoms with E-state index in [1.165, 1.54) is 0 Å². The van der Waals surface area contributed by atoms with Crippen LogP contribution in [0.15, 0.2) is 42.6 Å². The minimum Gasteiger partial charge on any atom is -0.366 e. The number of carbonyl (C=O) groups excluding carboxylic acids is 1. The molecule has 0 saturated carbocycles. The Balaban J connectivity index is 1.89. The molecule has 0 atom stereocenters. The second-order valence-electron chi connectivity index (χ2n) is 4.99. The molecule has 0 aliphatic carbocycles. The summed E-state index contributed by atoms with van der Waals surface area (Å²) in [5.74, 6) is 0.628. The first-order valence-corrected chi connectivity index (χ1v) is 7.80. The molecule has 1 heterocycles. The molecule has 2 aromatic rings.